The lowest BCUT2D eigenvalue weighted by Gasteiger charge is -2.44. The lowest BCUT2D eigenvalue weighted by molar-refractivity contribution is -0.162. The summed E-state index contributed by atoms with van der Waals surface area (Å²) in [6, 6.07) is 10.5. The lowest BCUT2D eigenvalue weighted by Crippen LogP contribution is -2.62. The molecule has 1 N–H and O–H groups in total. The van der Waals surface area contributed by atoms with Crippen molar-refractivity contribution in [2.45, 2.75) is 63.0 Å². The van der Waals surface area contributed by atoms with Gasteiger partial charge in [0.05, 0.1) is 6.54 Å². The van der Waals surface area contributed by atoms with E-state index in [1.165, 1.54) is 24.8 Å². The van der Waals surface area contributed by atoms with Crippen LogP contribution in [0.15, 0.2) is 30.3 Å². The van der Waals surface area contributed by atoms with Gasteiger partial charge in [0.1, 0.15) is 0 Å². The Balaban J connectivity index is 1.31. The van der Waals surface area contributed by atoms with E-state index >= 15 is 0 Å². The van der Waals surface area contributed by atoms with Gasteiger partial charge in [-0.3, -0.25) is 14.5 Å². The van der Waals surface area contributed by atoms with E-state index in [0.717, 1.165) is 32.2 Å². The molecule has 6 nitrogen and oxygen atoms in total. The molecule has 4 rings (SSSR count). The first-order valence-corrected chi connectivity index (χ1v) is 11.6. The highest BCUT2D eigenvalue weighted by molar-refractivity contribution is 5.86. The van der Waals surface area contributed by atoms with Crippen LogP contribution in [-0.4, -0.2) is 82.5 Å². The molecule has 0 spiro atoms. The van der Waals surface area contributed by atoms with Crippen molar-refractivity contribution in [3.63, 3.8) is 0 Å². The molecule has 1 unspecified atom stereocenters. The minimum atomic E-state index is -1.37. The number of hydrogen-bond donors (Lipinski definition) is 1. The van der Waals surface area contributed by atoms with Gasteiger partial charge < -0.3 is 14.9 Å². The van der Waals surface area contributed by atoms with Gasteiger partial charge in [-0.05, 0) is 37.7 Å². The Bertz CT molecular complexity index is 734. The Labute approximate surface area is 179 Å². The summed E-state index contributed by atoms with van der Waals surface area (Å²) < 4.78 is 0. The van der Waals surface area contributed by atoms with Crippen LogP contribution in [0.4, 0.5) is 0 Å². The minimum Gasteiger partial charge on any atom is -0.379 e. The van der Waals surface area contributed by atoms with Crippen molar-refractivity contribution in [3.8, 4) is 0 Å². The molecule has 3 aliphatic rings. The molecule has 0 bridgehead atoms. The highest BCUT2D eigenvalue weighted by Gasteiger charge is 2.44. The second-order valence-corrected chi connectivity index (χ2v) is 9.25. The molecular weight excluding hydrogens is 378 g/mol. The zero-order valence-electron chi connectivity index (χ0n) is 18.0. The molecule has 0 radical (unpaired) electrons. The van der Waals surface area contributed by atoms with Crippen LogP contribution in [0.25, 0.3) is 0 Å². The highest BCUT2D eigenvalue weighted by atomic mass is 16.3. The van der Waals surface area contributed by atoms with E-state index in [9.17, 15) is 14.7 Å². The molecule has 6 heteroatoms. The molecule has 2 amide bonds. The average Bonchev–Trinajstić information content (AvgIpc) is 2.76. The molecule has 164 valence electrons. The Morgan fingerprint density at radius 3 is 2.47 bits per heavy atom. The predicted octanol–water partition coefficient (Wildman–Crippen LogP) is 2.06. The molecule has 1 saturated carbocycles. The standard InChI is InChI=1S/C24H35N3O3/c28-22-18-25(16-17-27(22)21-10-5-2-6-11-21)19-24(30)13-7-14-26(23(24)29)15-12-20-8-3-1-4-9-20/h1,3-4,8-9,21,30H,2,5-7,10-19H2. The fourth-order valence-corrected chi connectivity index (χ4v) is 5.35. The summed E-state index contributed by atoms with van der Waals surface area (Å²) >= 11 is 0. The molecule has 0 aromatic heterocycles. The summed E-state index contributed by atoms with van der Waals surface area (Å²) in [6.07, 6.45) is 8.00. The van der Waals surface area contributed by atoms with Crippen molar-refractivity contribution in [2.75, 3.05) is 39.3 Å². The fourth-order valence-electron chi connectivity index (χ4n) is 5.35. The maximum atomic E-state index is 13.1. The summed E-state index contributed by atoms with van der Waals surface area (Å²) in [4.78, 5) is 31.7. The first-order chi connectivity index (χ1) is 14.5. The maximum Gasteiger partial charge on any atom is 0.255 e. The SMILES string of the molecule is O=C1CN(CC2(O)CCCN(CCc3ccccc3)C2=O)CCN1C1CCCCC1. The van der Waals surface area contributed by atoms with Crippen molar-refractivity contribution in [3.05, 3.63) is 35.9 Å². The van der Waals surface area contributed by atoms with Crippen LogP contribution in [0, 0.1) is 0 Å². The molecule has 3 fully saturated rings. The molecule has 1 aliphatic carbocycles. The first kappa shape index (κ1) is 21.3. The number of likely N-dealkylation sites (tertiary alicyclic amines) is 1. The third kappa shape index (κ3) is 4.86. The molecule has 1 aromatic rings. The monoisotopic (exact) mass is 413 g/mol. The van der Waals surface area contributed by atoms with Crippen LogP contribution in [0.5, 0.6) is 0 Å². The van der Waals surface area contributed by atoms with Gasteiger partial charge >= 0.3 is 0 Å². The largest absolute Gasteiger partial charge is 0.379 e. The number of carbonyl (C=O) groups excluding carboxylic acids is 2. The van der Waals surface area contributed by atoms with Gasteiger partial charge in [0.15, 0.2) is 5.60 Å². The molecule has 1 atom stereocenters. The highest BCUT2D eigenvalue weighted by Crippen LogP contribution is 2.27. The number of piperazine rings is 1. The van der Waals surface area contributed by atoms with Crippen LogP contribution in [0.2, 0.25) is 0 Å². The summed E-state index contributed by atoms with van der Waals surface area (Å²) in [7, 11) is 0. The third-order valence-electron chi connectivity index (χ3n) is 7.05. The topological polar surface area (TPSA) is 64.1 Å². The van der Waals surface area contributed by atoms with Gasteiger partial charge in [0.2, 0.25) is 5.91 Å². The summed E-state index contributed by atoms with van der Waals surface area (Å²) in [6.45, 7) is 3.35. The lowest BCUT2D eigenvalue weighted by atomic mass is 9.90. The normalized spacial score (nSPS) is 27.0. The van der Waals surface area contributed by atoms with Crippen LogP contribution < -0.4 is 0 Å². The predicted molar refractivity (Wildman–Crippen MR) is 116 cm³/mol. The first-order valence-electron chi connectivity index (χ1n) is 11.6. The van der Waals surface area contributed by atoms with E-state index in [-0.39, 0.29) is 18.4 Å². The number of amides is 2. The van der Waals surface area contributed by atoms with Crippen molar-refractivity contribution >= 4 is 11.8 Å². The molecule has 30 heavy (non-hydrogen) atoms. The number of β-amino-alcohol motifs (C(OH)–C–C–N with tert-alkyl or cyclic N) is 1. The summed E-state index contributed by atoms with van der Waals surface area (Å²) in [5, 5.41) is 11.2. The molecular formula is C24H35N3O3. The zero-order chi connectivity index (χ0) is 21.0. The molecule has 2 aliphatic heterocycles. The summed E-state index contributed by atoms with van der Waals surface area (Å²) in [5.74, 6) is -0.0206. The van der Waals surface area contributed by atoms with Gasteiger partial charge in [-0.15, -0.1) is 0 Å². The number of rotatable bonds is 6. The Morgan fingerprint density at radius 1 is 0.967 bits per heavy atom. The van der Waals surface area contributed by atoms with Gasteiger partial charge in [-0.2, -0.15) is 0 Å². The van der Waals surface area contributed by atoms with Crippen molar-refractivity contribution in [2.24, 2.45) is 0 Å². The Hall–Kier alpha value is -1.92. The number of carbonyl (C=O) groups is 2. The van der Waals surface area contributed by atoms with Gasteiger partial charge in [0, 0.05) is 38.8 Å². The second-order valence-electron chi connectivity index (χ2n) is 9.25. The molecule has 2 saturated heterocycles. The maximum absolute atomic E-state index is 13.1. The van der Waals surface area contributed by atoms with E-state index in [4.69, 9.17) is 0 Å². The van der Waals surface area contributed by atoms with Gasteiger partial charge in [-0.1, -0.05) is 49.6 Å². The van der Waals surface area contributed by atoms with Crippen LogP contribution in [0.1, 0.15) is 50.5 Å². The van der Waals surface area contributed by atoms with Crippen LogP contribution in [-0.2, 0) is 16.0 Å². The van der Waals surface area contributed by atoms with Crippen LogP contribution >= 0.6 is 0 Å². The van der Waals surface area contributed by atoms with Crippen molar-refractivity contribution < 1.29 is 14.7 Å². The number of hydrogen-bond acceptors (Lipinski definition) is 4. The summed E-state index contributed by atoms with van der Waals surface area (Å²) in [5.41, 5.74) is -0.175. The smallest absolute Gasteiger partial charge is 0.255 e. The van der Waals surface area contributed by atoms with Crippen molar-refractivity contribution in [1.82, 2.24) is 14.7 Å². The second kappa shape index (κ2) is 9.48. The fraction of sp³-hybridized carbons (Fsp3) is 0.667. The van der Waals surface area contributed by atoms with Crippen molar-refractivity contribution in [1.29, 1.82) is 0 Å². The number of piperidine rings is 1. The van der Waals surface area contributed by atoms with E-state index in [2.05, 4.69) is 17.0 Å². The van der Waals surface area contributed by atoms with Crippen LogP contribution in [0.3, 0.4) is 0 Å². The Kier molecular flexibility index (Phi) is 6.74. The quantitative estimate of drug-likeness (QED) is 0.775. The van der Waals surface area contributed by atoms with E-state index in [1.54, 1.807) is 4.90 Å². The Morgan fingerprint density at radius 2 is 1.73 bits per heavy atom. The average molecular weight is 414 g/mol. The van der Waals surface area contributed by atoms with Gasteiger partial charge in [-0.25, -0.2) is 0 Å². The minimum absolute atomic E-state index is 0.154. The van der Waals surface area contributed by atoms with E-state index in [1.807, 2.05) is 23.1 Å². The number of nitrogens with zero attached hydrogens (tertiary/aromatic N) is 3. The number of aliphatic hydroxyl groups is 1. The van der Waals surface area contributed by atoms with E-state index in [0.29, 0.717) is 38.6 Å². The zero-order valence-corrected chi connectivity index (χ0v) is 18.0. The third-order valence-corrected chi connectivity index (χ3v) is 7.05. The molecule has 2 heterocycles. The number of benzene rings is 1. The molecule has 1 aromatic carbocycles. The van der Waals surface area contributed by atoms with E-state index < -0.39 is 5.60 Å². The van der Waals surface area contributed by atoms with Gasteiger partial charge in [0.25, 0.3) is 5.91 Å².